The van der Waals surface area contributed by atoms with Gasteiger partial charge < -0.3 is 10.2 Å². The average Bonchev–Trinajstić information content (AvgIpc) is 2.37. The normalized spacial score (nSPS) is 21.4. The molecule has 2 nitrogen and oxygen atoms in total. The zero-order valence-electron chi connectivity index (χ0n) is 11.1. The molecule has 1 N–H and O–H groups in total. The van der Waals surface area contributed by atoms with Crippen molar-refractivity contribution < 1.29 is 0 Å². The topological polar surface area (TPSA) is 15.3 Å². The third-order valence-electron chi connectivity index (χ3n) is 3.65. The van der Waals surface area contributed by atoms with E-state index >= 15 is 0 Å². The second-order valence-electron chi connectivity index (χ2n) is 5.21. The fourth-order valence-electron chi connectivity index (χ4n) is 2.60. The summed E-state index contributed by atoms with van der Waals surface area (Å²) in [7, 11) is 2.23. The van der Waals surface area contributed by atoms with E-state index in [1.807, 2.05) is 0 Å². The highest BCUT2D eigenvalue weighted by Gasteiger charge is 2.16. The fraction of sp³-hybridized carbons (Fsp3) is 0.600. The number of hydrogen-bond acceptors (Lipinski definition) is 2. The predicted octanol–water partition coefficient (Wildman–Crippen LogP) is 3.00. The van der Waals surface area contributed by atoms with Gasteiger partial charge in [0.1, 0.15) is 0 Å². The highest BCUT2D eigenvalue weighted by atomic mass is 15.1. The number of nitrogens with one attached hydrogen (secondary N) is 1. The highest BCUT2D eigenvalue weighted by molar-refractivity contribution is 5.45. The molecule has 1 saturated heterocycles. The maximum absolute atomic E-state index is 3.58. The van der Waals surface area contributed by atoms with Gasteiger partial charge in [-0.25, -0.2) is 0 Å². The fourth-order valence-corrected chi connectivity index (χ4v) is 2.60. The summed E-state index contributed by atoms with van der Waals surface area (Å²) in [5, 5.41) is 3.58. The maximum Gasteiger partial charge on any atom is 0.0343 e. The van der Waals surface area contributed by atoms with Crippen LogP contribution in [0.3, 0.4) is 0 Å². The predicted molar refractivity (Wildman–Crippen MR) is 74.5 cm³/mol. The van der Waals surface area contributed by atoms with Crippen LogP contribution in [0.1, 0.15) is 25.3 Å². The Morgan fingerprint density at radius 1 is 1.41 bits per heavy atom. The lowest BCUT2D eigenvalue weighted by Gasteiger charge is -2.30. The maximum atomic E-state index is 3.58. The van der Waals surface area contributed by atoms with E-state index in [1.165, 1.54) is 37.2 Å². The van der Waals surface area contributed by atoms with Crippen molar-refractivity contribution in [3.8, 4) is 0 Å². The summed E-state index contributed by atoms with van der Waals surface area (Å²) in [5.74, 6) is 0.805. The molecule has 0 amide bonds. The number of likely N-dealkylation sites (tertiary alicyclic amines) is 1. The molecule has 1 aromatic carbocycles. The summed E-state index contributed by atoms with van der Waals surface area (Å²) in [6, 6.07) is 8.78. The number of hydrogen-bond donors (Lipinski definition) is 1. The standard InChI is InChI=1S/C15H24N2/c1-3-13-6-4-8-15(10-13)16-11-14-7-5-9-17(2)12-14/h4,6,8,10,14,16H,3,5,7,9,11-12H2,1-2H3. The molecule has 0 bridgehead atoms. The van der Waals surface area contributed by atoms with Crippen LogP contribution in [-0.2, 0) is 6.42 Å². The van der Waals surface area contributed by atoms with Crippen LogP contribution in [0.4, 0.5) is 5.69 Å². The first kappa shape index (κ1) is 12.4. The van der Waals surface area contributed by atoms with E-state index in [1.54, 1.807) is 0 Å². The Kier molecular flexibility index (Phi) is 4.43. The molecule has 2 rings (SSSR count). The minimum Gasteiger partial charge on any atom is -0.385 e. The number of anilines is 1. The number of rotatable bonds is 4. The van der Waals surface area contributed by atoms with Crippen molar-refractivity contribution in [3.63, 3.8) is 0 Å². The van der Waals surface area contributed by atoms with Gasteiger partial charge >= 0.3 is 0 Å². The Labute approximate surface area is 105 Å². The van der Waals surface area contributed by atoms with Crippen LogP contribution in [0.15, 0.2) is 24.3 Å². The number of aryl methyl sites for hydroxylation is 1. The van der Waals surface area contributed by atoms with Gasteiger partial charge in [0.05, 0.1) is 0 Å². The van der Waals surface area contributed by atoms with Gasteiger partial charge in [-0.2, -0.15) is 0 Å². The van der Waals surface area contributed by atoms with Crippen molar-refractivity contribution >= 4 is 5.69 Å². The van der Waals surface area contributed by atoms with Crippen molar-refractivity contribution in [1.29, 1.82) is 0 Å². The molecule has 0 spiro atoms. The average molecular weight is 232 g/mol. The Bertz CT molecular complexity index is 349. The van der Waals surface area contributed by atoms with Crippen LogP contribution in [-0.4, -0.2) is 31.6 Å². The Hall–Kier alpha value is -1.02. The van der Waals surface area contributed by atoms with Gasteiger partial charge in [0.25, 0.3) is 0 Å². The molecule has 0 radical (unpaired) electrons. The van der Waals surface area contributed by atoms with Crippen molar-refractivity contribution in [1.82, 2.24) is 4.90 Å². The molecular weight excluding hydrogens is 208 g/mol. The van der Waals surface area contributed by atoms with E-state index in [2.05, 4.69) is 48.5 Å². The van der Waals surface area contributed by atoms with Crippen LogP contribution in [0.5, 0.6) is 0 Å². The number of nitrogens with zero attached hydrogens (tertiary/aromatic N) is 1. The van der Waals surface area contributed by atoms with Crippen molar-refractivity contribution in [3.05, 3.63) is 29.8 Å². The van der Waals surface area contributed by atoms with Crippen molar-refractivity contribution in [2.45, 2.75) is 26.2 Å². The number of piperidine rings is 1. The summed E-state index contributed by atoms with van der Waals surface area (Å²) in [6.07, 6.45) is 3.82. The lowest BCUT2D eigenvalue weighted by atomic mass is 9.98. The third kappa shape index (κ3) is 3.74. The molecule has 1 heterocycles. The van der Waals surface area contributed by atoms with Crippen molar-refractivity contribution in [2.75, 3.05) is 32.0 Å². The molecule has 1 aliphatic heterocycles. The summed E-state index contributed by atoms with van der Waals surface area (Å²) >= 11 is 0. The zero-order chi connectivity index (χ0) is 12.1. The molecule has 0 aliphatic carbocycles. The van der Waals surface area contributed by atoms with Crippen LogP contribution in [0, 0.1) is 5.92 Å². The smallest absolute Gasteiger partial charge is 0.0343 e. The van der Waals surface area contributed by atoms with E-state index in [9.17, 15) is 0 Å². The molecule has 0 saturated carbocycles. The molecule has 1 fully saturated rings. The molecule has 1 aliphatic rings. The Balaban J connectivity index is 1.84. The highest BCUT2D eigenvalue weighted by Crippen LogP contribution is 2.17. The Morgan fingerprint density at radius 2 is 2.29 bits per heavy atom. The van der Waals surface area contributed by atoms with Crippen LogP contribution in [0.2, 0.25) is 0 Å². The van der Waals surface area contributed by atoms with Gasteiger partial charge in [-0.05, 0) is 56.5 Å². The lowest BCUT2D eigenvalue weighted by Crippen LogP contribution is -2.35. The van der Waals surface area contributed by atoms with E-state index in [0.29, 0.717) is 0 Å². The van der Waals surface area contributed by atoms with E-state index in [0.717, 1.165) is 18.9 Å². The molecule has 0 aromatic heterocycles. The van der Waals surface area contributed by atoms with E-state index in [4.69, 9.17) is 0 Å². The van der Waals surface area contributed by atoms with Gasteiger partial charge in [0.15, 0.2) is 0 Å². The second-order valence-corrected chi connectivity index (χ2v) is 5.21. The molecule has 1 atom stereocenters. The van der Waals surface area contributed by atoms with E-state index < -0.39 is 0 Å². The first-order valence-corrected chi connectivity index (χ1v) is 6.79. The zero-order valence-corrected chi connectivity index (χ0v) is 11.1. The van der Waals surface area contributed by atoms with Crippen LogP contribution < -0.4 is 5.32 Å². The first-order chi connectivity index (χ1) is 8.28. The summed E-state index contributed by atoms with van der Waals surface area (Å²) in [6.45, 7) is 5.81. The van der Waals surface area contributed by atoms with Crippen LogP contribution >= 0.6 is 0 Å². The quantitative estimate of drug-likeness (QED) is 0.858. The monoisotopic (exact) mass is 232 g/mol. The first-order valence-electron chi connectivity index (χ1n) is 6.79. The SMILES string of the molecule is CCc1cccc(NCC2CCCN(C)C2)c1. The Morgan fingerprint density at radius 3 is 3.06 bits per heavy atom. The van der Waals surface area contributed by atoms with Gasteiger partial charge in [-0.3, -0.25) is 0 Å². The number of benzene rings is 1. The molecule has 17 heavy (non-hydrogen) atoms. The third-order valence-corrected chi connectivity index (χ3v) is 3.65. The summed E-state index contributed by atoms with van der Waals surface area (Å²) < 4.78 is 0. The summed E-state index contributed by atoms with van der Waals surface area (Å²) in [4.78, 5) is 2.44. The molecule has 94 valence electrons. The van der Waals surface area contributed by atoms with Gasteiger partial charge in [-0.15, -0.1) is 0 Å². The van der Waals surface area contributed by atoms with Crippen molar-refractivity contribution in [2.24, 2.45) is 5.92 Å². The lowest BCUT2D eigenvalue weighted by molar-refractivity contribution is 0.217. The second kappa shape index (κ2) is 6.06. The minimum atomic E-state index is 0.805. The molecule has 1 unspecified atom stereocenters. The van der Waals surface area contributed by atoms with Crippen LogP contribution in [0.25, 0.3) is 0 Å². The largest absolute Gasteiger partial charge is 0.385 e. The van der Waals surface area contributed by atoms with Gasteiger partial charge in [0.2, 0.25) is 0 Å². The van der Waals surface area contributed by atoms with Gasteiger partial charge in [-0.1, -0.05) is 19.1 Å². The molecule has 1 aromatic rings. The minimum absolute atomic E-state index is 0.805. The van der Waals surface area contributed by atoms with E-state index in [-0.39, 0.29) is 0 Å². The molecule has 2 heteroatoms. The van der Waals surface area contributed by atoms with Gasteiger partial charge in [0, 0.05) is 18.8 Å². The molecular formula is C15H24N2. The summed E-state index contributed by atoms with van der Waals surface area (Å²) in [5.41, 5.74) is 2.69.